The quantitative estimate of drug-likeness (QED) is 0.757. The Morgan fingerprint density at radius 3 is 2.80 bits per heavy atom. The van der Waals surface area contributed by atoms with E-state index in [1.807, 2.05) is 6.07 Å². The number of aromatic amines is 1. The van der Waals surface area contributed by atoms with Gasteiger partial charge < -0.3 is 4.98 Å². The van der Waals surface area contributed by atoms with E-state index in [-0.39, 0.29) is 5.43 Å². The van der Waals surface area contributed by atoms with Crippen LogP contribution in [0.15, 0.2) is 47.4 Å². The number of nitriles is 1. The standard InChI is InChI=1S/C12H8N2O/c13-8-9-2-1-3-10(6-9)12-7-11(15)4-5-14-12/h1-7H,(H,14,15). The summed E-state index contributed by atoms with van der Waals surface area (Å²) in [7, 11) is 0. The van der Waals surface area contributed by atoms with Gasteiger partial charge in [-0.1, -0.05) is 12.1 Å². The number of hydrogen-bond acceptors (Lipinski definition) is 2. The normalized spacial score (nSPS) is 9.53. The lowest BCUT2D eigenvalue weighted by Crippen LogP contribution is -1.97. The topological polar surface area (TPSA) is 56.6 Å². The third-order valence-electron chi connectivity index (χ3n) is 2.08. The zero-order valence-corrected chi connectivity index (χ0v) is 7.90. The molecule has 0 amide bonds. The molecule has 0 aliphatic carbocycles. The fourth-order valence-electron chi connectivity index (χ4n) is 1.37. The van der Waals surface area contributed by atoms with Crippen LogP contribution >= 0.6 is 0 Å². The molecule has 0 aliphatic heterocycles. The predicted molar refractivity (Wildman–Crippen MR) is 57.2 cm³/mol. The van der Waals surface area contributed by atoms with E-state index in [0.717, 1.165) is 11.3 Å². The summed E-state index contributed by atoms with van der Waals surface area (Å²) in [6, 6.07) is 12.1. The Balaban J connectivity index is 2.55. The van der Waals surface area contributed by atoms with Crippen molar-refractivity contribution in [2.75, 3.05) is 0 Å². The third-order valence-corrected chi connectivity index (χ3v) is 2.08. The molecule has 0 unspecified atom stereocenters. The van der Waals surface area contributed by atoms with Crippen LogP contribution in [-0.4, -0.2) is 4.98 Å². The zero-order chi connectivity index (χ0) is 10.7. The van der Waals surface area contributed by atoms with Crippen LogP contribution in [0, 0.1) is 11.3 Å². The van der Waals surface area contributed by atoms with Gasteiger partial charge in [0.25, 0.3) is 0 Å². The molecule has 0 aliphatic rings. The van der Waals surface area contributed by atoms with E-state index < -0.39 is 0 Å². The molecule has 0 radical (unpaired) electrons. The number of hydrogen-bond donors (Lipinski definition) is 1. The molecule has 1 aromatic carbocycles. The summed E-state index contributed by atoms with van der Waals surface area (Å²) in [5.74, 6) is 0. The summed E-state index contributed by atoms with van der Waals surface area (Å²) in [6.45, 7) is 0. The summed E-state index contributed by atoms with van der Waals surface area (Å²) in [5.41, 5.74) is 2.09. The first-order chi connectivity index (χ1) is 7.29. The van der Waals surface area contributed by atoms with Crippen LogP contribution in [0.3, 0.4) is 0 Å². The predicted octanol–water partition coefficient (Wildman–Crippen LogP) is 1.91. The number of nitrogens with zero attached hydrogens (tertiary/aromatic N) is 1. The fraction of sp³-hybridized carbons (Fsp3) is 0. The van der Waals surface area contributed by atoms with Crippen molar-refractivity contribution in [2.45, 2.75) is 0 Å². The average Bonchev–Trinajstić information content (AvgIpc) is 2.29. The monoisotopic (exact) mass is 196 g/mol. The highest BCUT2D eigenvalue weighted by atomic mass is 16.1. The number of nitrogens with one attached hydrogen (secondary N) is 1. The largest absolute Gasteiger partial charge is 0.361 e. The highest BCUT2D eigenvalue weighted by Gasteiger charge is 1.99. The van der Waals surface area contributed by atoms with Crippen LogP contribution < -0.4 is 5.43 Å². The second kappa shape index (κ2) is 3.81. The summed E-state index contributed by atoms with van der Waals surface area (Å²) in [6.07, 6.45) is 1.59. The summed E-state index contributed by atoms with van der Waals surface area (Å²) >= 11 is 0. The minimum absolute atomic E-state index is 0.0499. The van der Waals surface area contributed by atoms with Gasteiger partial charge >= 0.3 is 0 Å². The Kier molecular flexibility index (Phi) is 2.34. The number of pyridine rings is 1. The van der Waals surface area contributed by atoms with Crippen LogP contribution in [-0.2, 0) is 0 Å². The fourth-order valence-corrected chi connectivity index (χ4v) is 1.37. The van der Waals surface area contributed by atoms with Gasteiger partial charge in [0.2, 0.25) is 0 Å². The van der Waals surface area contributed by atoms with E-state index in [0.29, 0.717) is 5.56 Å². The minimum Gasteiger partial charge on any atom is -0.361 e. The molecule has 1 N–H and O–H groups in total. The van der Waals surface area contributed by atoms with Gasteiger partial charge in [-0.3, -0.25) is 4.79 Å². The Hall–Kier alpha value is -2.34. The van der Waals surface area contributed by atoms with Gasteiger partial charge in [-0.25, -0.2) is 0 Å². The van der Waals surface area contributed by atoms with Crippen molar-refractivity contribution in [3.8, 4) is 17.3 Å². The molecule has 0 saturated heterocycles. The molecule has 3 heteroatoms. The molecule has 15 heavy (non-hydrogen) atoms. The van der Waals surface area contributed by atoms with E-state index in [4.69, 9.17) is 5.26 Å². The van der Waals surface area contributed by atoms with E-state index in [1.165, 1.54) is 12.1 Å². The van der Waals surface area contributed by atoms with Crippen molar-refractivity contribution in [1.29, 1.82) is 5.26 Å². The molecule has 1 aromatic heterocycles. The highest BCUT2D eigenvalue weighted by Crippen LogP contribution is 2.15. The van der Waals surface area contributed by atoms with E-state index in [9.17, 15) is 4.79 Å². The van der Waals surface area contributed by atoms with Crippen molar-refractivity contribution in [3.63, 3.8) is 0 Å². The second-order valence-corrected chi connectivity index (χ2v) is 3.13. The van der Waals surface area contributed by atoms with Crippen LogP contribution in [0.2, 0.25) is 0 Å². The van der Waals surface area contributed by atoms with Crippen LogP contribution in [0.1, 0.15) is 5.56 Å². The molecule has 0 saturated carbocycles. The molecule has 0 spiro atoms. The summed E-state index contributed by atoms with van der Waals surface area (Å²) in [4.78, 5) is 14.1. The highest BCUT2D eigenvalue weighted by molar-refractivity contribution is 5.60. The number of H-pyrrole nitrogens is 1. The number of benzene rings is 1. The van der Waals surface area contributed by atoms with Gasteiger partial charge in [0.1, 0.15) is 0 Å². The van der Waals surface area contributed by atoms with Gasteiger partial charge in [0.05, 0.1) is 11.6 Å². The van der Waals surface area contributed by atoms with Gasteiger partial charge in [-0.05, 0) is 17.7 Å². The summed E-state index contributed by atoms with van der Waals surface area (Å²) < 4.78 is 0. The first-order valence-corrected chi connectivity index (χ1v) is 4.49. The lowest BCUT2D eigenvalue weighted by molar-refractivity contribution is 1.30. The van der Waals surface area contributed by atoms with E-state index >= 15 is 0 Å². The maximum Gasteiger partial charge on any atom is 0.182 e. The lowest BCUT2D eigenvalue weighted by atomic mass is 10.1. The molecule has 0 atom stereocenters. The van der Waals surface area contributed by atoms with Gasteiger partial charge in [0.15, 0.2) is 5.43 Å². The van der Waals surface area contributed by atoms with Crippen LogP contribution in [0.25, 0.3) is 11.3 Å². The second-order valence-electron chi connectivity index (χ2n) is 3.13. The smallest absolute Gasteiger partial charge is 0.182 e. The molecule has 1 heterocycles. The molecule has 2 rings (SSSR count). The number of rotatable bonds is 1. The molecule has 72 valence electrons. The van der Waals surface area contributed by atoms with Crippen molar-refractivity contribution in [3.05, 3.63) is 58.4 Å². The van der Waals surface area contributed by atoms with Crippen LogP contribution in [0.4, 0.5) is 0 Å². The minimum atomic E-state index is -0.0499. The Labute approximate surface area is 86.6 Å². The Bertz CT molecular complexity index is 578. The lowest BCUT2D eigenvalue weighted by Gasteiger charge is -2.00. The van der Waals surface area contributed by atoms with Gasteiger partial charge in [0, 0.05) is 24.0 Å². The van der Waals surface area contributed by atoms with Crippen molar-refractivity contribution < 1.29 is 0 Å². The Morgan fingerprint density at radius 1 is 1.20 bits per heavy atom. The SMILES string of the molecule is N#Cc1cccc(-c2cc(=O)cc[nH]2)c1. The molecule has 2 aromatic rings. The molecular formula is C12H8N2O. The van der Waals surface area contributed by atoms with E-state index in [1.54, 1.807) is 24.4 Å². The summed E-state index contributed by atoms with van der Waals surface area (Å²) in [5, 5.41) is 8.74. The molecule has 3 nitrogen and oxygen atoms in total. The molecular weight excluding hydrogens is 188 g/mol. The van der Waals surface area contributed by atoms with Crippen molar-refractivity contribution in [1.82, 2.24) is 4.98 Å². The third kappa shape index (κ3) is 1.94. The first-order valence-electron chi connectivity index (χ1n) is 4.49. The molecule has 0 bridgehead atoms. The maximum absolute atomic E-state index is 11.1. The maximum atomic E-state index is 11.1. The van der Waals surface area contributed by atoms with Gasteiger partial charge in [-0.15, -0.1) is 0 Å². The number of aromatic nitrogens is 1. The molecule has 0 fully saturated rings. The first kappa shape index (κ1) is 9.22. The zero-order valence-electron chi connectivity index (χ0n) is 7.90. The van der Waals surface area contributed by atoms with Crippen molar-refractivity contribution >= 4 is 0 Å². The van der Waals surface area contributed by atoms with Crippen molar-refractivity contribution in [2.24, 2.45) is 0 Å². The van der Waals surface area contributed by atoms with Crippen LogP contribution in [0.5, 0.6) is 0 Å². The Morgan fingerprint density at radius 2 is 2.07 bits per heavy atom. The van der Waals surface area contributed by atoms with E-state index in [2.05, 4.69) is 11.1 Å². The average molecular weight is 196 g/mol. The van der Waals surface area contributed by atoms with Gasteiger partial charge in [-0.2, -0.15) is 5.26 Å².